The van der Waals surface area contributed by atoms with Crippen LogP contribution >= 0.6 is 11.6 Å². The van der Waals surface area contributed by atoms with E-state index in [0.717, 1.165) is 11.1 Å². The second-order valence-corrected chi connectivity index (χ2v) is 7.28. The number of benzene rings is 2. The third kappa shape index (κ3) is 4.70. The molecule has 1 atom stereocenters. The maximum absolute atomic E-state index is 12.3. The molecule has 7 heteroatoms. The van der Waals surface area contributed by atoms with Gasteiger partial charge in [-0.15, -0.1) is 0 Å². The minimum absolute atomic E-state index is 0.0458. The van der Waals surface area contributed by atoms with Gasteiger partial charge in [-0.3, -0.25) is 14.4 Å². The predicted molar refractivity (Wildman–Crippen MR) is 107 cm³/mol. The first-order chi connectivity index (χ1) is 13.3. The topological polar surface area (TPSA) is 75.7 Å². The molecule has 0 aliphatic carbocycles. The zero-order valence-electron chi connectivity index (χ0n) is 15.7. The van der Waals surface area contributed by atoms with Gasteiger partial charge < -0.3 is 15.0 Å². The van der Waals surface area contributed by atoms with Crippen LogP contribution in [0.4, 0.5) is 11.4 Å². The molecule has 0 bridgehead atoms. The van der Waals surface area contributed by atoms with Crippen LogP contribution in [0.3, 0.4) is 0 Å². The van der Waals surface area contributed by atoms with Crippen LogP contribution in [0.15, 0.2) is 42.5 Å². The van der Waals surface area contributed by atoms with Crippen molar-refractivity contribution in [3.05, 3.63) is 58.6 Å². The van der Waals surface area contributed by atoms with Crippen molar-refractivity contribution in [1.82, 2.24) is 0 Å². The first-order valence-electron chi connectivity index (χ1n) is 8.93. The minimum Gasteiger partial charge on any atom is -0.455 e. The third-order valence-electron chi connectivity index (χ3n) is 4.71. The minimum atomic E-state index is -0.610. The zero-order chi connectivity index (χ0) is 20.3. The Balaban J connectivity index is 1.53. The number of anilines is 2. The van der Waals surface area contributed by atoms with E-state index in [-0.39, 0.29) is 18.9 Å². The van der Waals surface area contributed by atoms with Gasteiger partial charge in [0, 0.05) is 29.4 Å². The second kappa shape index (κ2) is 8.44. The van der Waals surface area contributed by atoms with Crippen LogP contribution in [0.5, 0.6) is 0 Å². The molecule has 0 radical (unpaired) electrons. The van der Waals surface area contributed by atoms with Crippen LogP contribution in [0.2, 0.25) is 5.02 Å². The van der Waals surface area contributed by atoms with Crippen molar-refractivity contribution >= 4 is 40.8 Å². The van der Waals surface area contributed by atoms with Crippen LogP contribution in [-0.2, 0) is 19.1 Å². The van der Waals surface area contributed by atoms with Crippen LogP contribution in [0.1, 0.15) is 17.5 Å². The number of carbonyl (C=O) groups is 3. The first-order valence-corrected chi connectivity index (χ1v) is 9.31. The number of aryl methyl sites for hydroxylation is 2. The molecule has 0 unspecified atom stereocenters. The Hall–Kier alpha value is -2.86. The summed E-state index contributed by atoms with van der Waals surface area (Å²) in [5, 5.41) is 3.21. The smallest absolute Gasteiger partial charge is 0.311 e. The maximum Gasteiger partial charge on any atom is 0.311 e. The molecule has 1 aliphatic rings. The Morgan fingerprint density at radius 1 is 1.18 bits per heavy atom. The largest absolute Gasteiger partial charge is 0.455 e. The van der Waals surface area contributed by atoms with E-state index in [0.29, 0.717) is 16.4 Å². The fourth-order valence-corrected chi connectivity index (χ4v) is 3.21. The van der Waals surface area contributed by atoms with Crippen molar-refractivity contribution in [3.8, 4) is 0 Å². The highest BCUT2D eigenvalue weighted by Gasteiger charge is 2.36. The quantitative estimate of drug-likeness (QED) is 0.779. The zero-order valence-corrected chi connectivity index (χ0v) is 16.5. The number of rotatable bonds is 5. The van der Waals surface area contributed by atoms with E-state index in [1.165, 1.54) is 4.90 Å². The molecule has 0 spiro atoms. The van der Waals surface area contributed by atoms with E-state index in [4.69, 9.17) is 16.3 Å². The van der Waals surface area contributed by atoms with Crippen molar-refractivity contribution in [3.63, 3.8) is 0 Å². The molecule has 6 nitrogen and oxygen atoms in total. The van der Waals surface area contributed by atoms with Gasteiger partial charge in [0.15, 0.2) is 6.61 Å². The summed E-state index contributed by atoms with van der Waals surface area (Å²) >= 11 is 5.97. The van der Waals surface area contributed by atoms with Gasteiger partial charge in [-0.25, -0.2) is 0 Å². The van der Waals surface area contributed by atoms with Crippen molar-refractivity contribution in [1.29, 1.82) is 0 Å². The number of esters is 1. The van der Waals surface area contributed by atoms with Gasteiger partial charge in [0.2, 0.25) is 5.91 Å². The number of hydrogen-bond acceptors (Lipinski definition) is 4. The predicted octanol–water partition coefficient (Wildman–Crippen LogP) is 3.49. The highest BCUT2D eigenvalue weighted by Crippen LogP contribution is 2.27. The van der Waals surface area contributed by atoms with Crippen LogP contribution in [0.25, 0.3) is 0 Å². The number of hydrogen-bond donors (Lipinski definition) is 1. The Morgan fingerprint density at radius 2 is 1.96 bits per heavy atom. The van der Waals surface area contributed by atoms with E-state index in [2.05, 4.69) is 5.32 Å². The Bertz CT molecular complexity index is 928. The lowest BCUT2D eigenvalue weighted by molar-refractivity contribution is -0.151. The molecule has 0 aromatic heterocycles. The maximum atomic E-state index is 12.3. The molecule has 1 fully saturated rings. The summed E-state index contributed by atoms with van der Waals surface area (Å²) in [4.78, 5) is 38.1. The van der Waals surface area contributed by atoms with Gasteiger partial charge in [-0.2, -0.15) is 0 Å². The fraction of sp³-hybridized carbons (Fsp3) is 0.286. The number of halogens is 1. The number of carbonyl (C=O) groups excluding carboxylic acids is 3. The molecule has 2 aromatic carbocycles. The fourth-order valence-electron chi connectivity index (χ4n) is 3.03. The molecule has 146 valence electrons. The van der Waals surface area contributed by atoms with Crippen LogP contribution in [0, 0.1) is 19.8 Å². The monoisotopic (exact) mass is 400 g/mol. The lowest BCUT2D eigenvalue weighted by Crippen LogP contribution is -2.28. The summed E-state index contributed by atoms with van der Waals surface area (Å²) in [5.74, 6) is -1.77. The Labute approximate surface area is 168 Å². The molecule has 3 rings (SSSR count). The molecule has 1 heterocycles. The van der Waals surface area contributed by atoms with Crippen LogP contribution in [-0.4, -0.2) is 30.9 Å². The first kappa shape index (κ1) is 19.9. The Kier molecular flexibility index (Phi) is 5.99. The number of ether oxygens (including phenoxy) is 1. The van der Waals surface area contributed by atoms with E-state index in [9.17, 15) is 14.4 Å². The molecule has 1 saturated heterocycles. The molecular weight excluding hydrogens is 380 g/mol. The van der Waals surface area contributed by atoms with Gasteiger partial charge in [0.05, 0.1) is 5.92 Å². The van der Waals surface area contributed by atoms with Crippen molar-refractivity contribution in [2.75, 3.05) is 23.4 Å². The van der Waals surface area contributed by atoms with Gasteiger partial charge in [-0.1, -0.05) is 23.7 Å². The summed E-state index contributed by atoms with van der Waals surface area (Å²) in [6, 6.07) is 12.4. The van der Waals surface area contributed by atoms with E-state index in [1.807, 2.05) is 26.0 Å². The average molecular weight is 401 g/mol. The number of amides is 2. The molecule has 2 aromatic rings. The molecule has 1 N–H and O–H groups in total. The van der Waals surface area contributed by atoms with Crippen molar-refractivity contribution in [2.45, 2.75) is 20.3 Å². The third-order valence-corrected chi connectivity index (χ3v) is 4.95. The van der Waals surface area contributed by atoms with Gasteiger partial charge in [-0.05, 0) is 55.3 Å². The summed E-state index contributed by atoms with van der Waals surface area (Å²) in [6.45, 7) is 3.75. The number of nitrogens with zero attached hydrogens (tertiary/aromatic N) is 1. The summed E-state index contributed by atoms with van der Waals surface area (Å²) in [5.41, 5.74) is 3.47. The Morgan fingerprint density at radius 3 is 2.68 bits per heavy atom. The summed E-state index contributed by atoms with van der Waals surface area (Å²) < 4.78 is 5.11. The van der Waals surface area contributed by atoms with Gasteiger partial charge >= 0.3 is 5.97 Å². The molecular formula is C21H21ClN2O4. The molecule has 28 heavy (non-hydrogen) atoms. The molecule has 1 aliphatic heterocycles. The van der Waals surface area contributed by atoms with E-state index in [1.54, 1.807) is 30.3 Å². The van der Waals surface area contributed by atoms with Gasteiger partial charge in [0.1, 0.15) is 0 Å². The van der Waals surface area contributed by atoms with Crippen molar-refractivity contribution < 1.29 is 19.1 Å². The SMILES string of the molecule is Cc1ccc(NC(=O)COC(=O)[C@H]2CC(=O)N(c3cccc(Cl)c3)C2)cc1C. The lowest BCUT2D eigenvalue weighted by Gasteiger charge is -2.16. The second-order valence-electron chi connectivity index (χ2n) is 6.84. The number of nitrogens with one attached hydrogen (secondary N) is 1. The summed E-state index contributed by atoms with van der Waals surface area (Å²) in [6.07, 6.45) is 0.0458. The molecule has 2 amide bonds. The van der Waals surface area contributed by atoms with E-state index < -0.39 is 24.4 Å². The lowest BCUT2D eigenvalue weighted by atomic mass is 10.1. The highest BCUT2D eigenvalue weighted by molar-refractivity contribution is 6.31. The molecule has 0 saturated carbocycles. The van der Waals surface area contributed by atoms with Gasteiger partial charge in [0.25, 0.3) is 5.91 Å². The van der Waals surface area contributed by atoms with E-state index >= 15 is 0 Å². The highest BCUT2D eigenvalue weighted by atomic mass is 35.5. The van der Waals surface area contributed by atoms with Crippen LogP contribution < -0.4 is 10.2 Å². The normalized spacial score (nSPS) is 16.2. The standard InChI is InChI=1S/C21H21ClN2O4/c1-13-6-7-17(8-14(13)2)23-19(25)12-28-21(27)15-9-20(26)24(11-15)18-5-3-4-16(22)10-18/h3-8,10,15H,9,11-12H2,1-2H3,(H,23,25)/t15-/m0/s1. The van der Waals surface area contributed by atoms with Crippen molar-refractivity contribution in [2.24, 2.45) is 5.92 Å². The average Bonchev–Trinajstić information content (AvgIpc) is 3.05. The summed E-state index contributed by atoms with van der Waals surface area (Å²) in [7, 11) is 0.